The van der Waals surface area contributed by atoms with Gasteiger partial charge < -0.3 is 19.3 Å². The van der Waals surface area contributed by atoms with Crippen LogP contribution in [0, 0.1) is 5.41 Å². The molecule has 1 spiro atoms. The van der Waals surface area contributed by atoms with Gasteiger partial charge in [-0.2, -0.15) is 0 Å². The minimum atomic E-state index is -0.0907. The molecule has 0 aliphatic carbocycles. The molecule has 0 unspecified atom stereocenters. The number of piperidine rings is 2. The Bertz CT molecular complexity index is 825. The molecule has 2 aromatic heterocycles. The van der Waals surface area contributed by atoms with Gasteiger partial charge in [-0.15, -0.1) is 0 Å². The summed E-state index contributed by atoms with van der Waals surface area (Å²) in [5, 5.41) is 0. The molecule has 5 heterocycles. The van der Waals surface area contributed by atoms with E-state index in [1.165, 1.54) is 31.4 Å². The number of hydrogen-bond acceptors (Lipinski definition) is 7. The molecule has 3 saturated heterocycles. The molecule has 0 radical (unpaired) electrons. The second-order valence-electron chi connectivity index (χ2n) is 9.11. The summed E-state index contributed by atoms with van der Waals surface area (Å²) in [5.74, 6) is 1.02. The highest BCUT2D eigenvalue weighted by molar-refractivity contribution is 5.45. The summed E-state index contributed by atoms with van der Waals surface area (Å²) in [7, 11) is 0. The molecule has 166 valence electrons. The fourth-order valence-corrected chi connectivity index (χ4v) is 5.14. The van der Waals surface area contributed by atoms with E-state index in [4.69, 9.17) is 14.5 Å². The standard InChI is InChI=1S/C24H33N5O2/c1-16-30-23(31-17-1)3-2-20-18-26-19-22(27-20)29-14-8-24(9-15-29)6-12-28(13-7-24)21-4-10-25-11-5-21/h4-5,10-11,18-19,23H,1-3,6-9,12-17H2. The van der Waals surface area contributed by atoms with Gasteiger partial charge in [-0.3, -0.25) is 9.97 Å². The number of aromatic nitrogens is 3. The predicted molar refractivity (Wildman–Crippen MR) is 120 cm³/mol. The van der Waals surface area contributed by atoms with Crippen molar-refractivity contribution in [1.29, 1.82) is 0 Å². The lowest BCUT2D eigenvalue weighted by Gasteiger charge is -2.47. The maximum atomic E-state index is 5.66. The molecule has 7 nitrogen and oxygen atoms in total. The van der Waals surface area contributed by atoms with Gasteiger partial charge in [0.2, 0.25) is 0 Å². The lowest BCUT2D eigenvalue weighted by Crippen LogP contribution is -2.47. The van der Waals surface area contributed by atoms with Gasteiger partial charge in [0.25, 0.3) is 0 Å². The van der Waals surface area contributed by atoms with Crippen molar-refractivity contribution in [3.63, 3.8) is 0 Å². The third-order valence-corrected chi connectivity index (χ3v) is 7.20. The number of aryl methyl sites for hydroxylation is 1. The Morgan fingerprint density at radius 3 is 2.26 bits per heavy atom. The van der Waals surface area contributed by atoms with Crippen molar-refractivity contribution < 1.29 is 9.47 Å². The minimum absolute atomic E-state index is 0.0907. The van der Waals surface area contributed by atoms with Gasteiger partial charge in [-0.25, -0.2) is 4.98 Å². The molecule has 7 heteroatoms. The largest absolute Gasteiger partial charge is 0.371 e. The van der Waals surface area contributed by atoms with E-state index in [1.54, 1.807) is 0 Å². The normalized spacial score (nSPS) is 22.1. The highest BCUT2D eigenvalue weighted by Crippen LogP contribution is 2.42. The minimum Gasteiger partial charge on any atom is -0.371 e. The zero-order valence-corrected chi connectivity index (χ0v) is 18.3. The number of hydrogen-bond donors (Lipinski definition) is 0. The third kappa shape index (κ3) is 4.99. The van der Waals surface area contributed by atoms with E-state index in [-0.39, 0.29) is 6.29 Å². The Labute approximate surface area is 184 Å². The summed E-state index contributed by atoms with van der Waals surface area (Å²) >= 11 is 0. The first-order valence-corrected chi connectivity index (χ1v) is 11.7. The van der Waals surface area contributed by atoms with Crippen LogP contribution in [0.2, 0.25) is 0 Å². The molecule has 5 rings (SSSR count). The SMILES string of the molecule is c1cc(N2CCC3(CC2)CCN(c2cncc(CCC4OCCCO4)n2)CC3)ccn1. The van der Waals surface area contributed by atoms with Crippen LogP contribution in [0.3, 0.4) is 0 Å². The Hall–Kier alpha value is -2.25. The highest BCUT2D eigenvalue weighted by Gasteiger charge is 2.38. The second-order valence-corrected chi connectivity index (χ2v) is 9.11. The van der Waals surface area contributed by atoms with Crippen LogP contribution in [-0.2, 0) is 15.9 Å². The van der Waals surface area contributed by atoms with E-state index in [9.17, 15) is 0 Å². The molecule has 0 aromatic carbocycles. The third-order valence-electron chi connectivity index (χ3n) is 7.20. The fraction of sp³-hybridized carbons (Fsp3) is 0.625. The molecule has 0 N–H and O–H groups in total. The topological polar surface area (TPSA) is 63.6 Å². The summed E-state index contributed by atoms with van der Waals surface area (Å²) < 4.78 is 11.3. The summed E-state index contributed by atoms with van der Waals surface area (Å²) in [4.78, 5) is 18.5. The lowest BCUT2D eigenvalue weighted by atomic mass is 9.71. The van der Waals surface area contributed by atoms with Crippen molar-refractivity contribution in [1.82, 2.24) is 15.0 Å². The van der Waals surface area contributed by atoms with Crippen LogP contribution < -0.4 is 9.80 Å². The second kappa shape index (κ2) is 9.49. The molecular formula is C24H33N5O2. The first kappa shape index (κ1) is 20.6. The Balaban J connectivity index is 1.13. The lowest BCUT2D eigenvalue weighted by molar-refractivity contribution is -0.180. The molecule has 0 amide bonds. The van der Waals surface area contributed by atoms with Crippen molar-refractivity contribution in [2.75, 3.05) is 49.2 Å². The average molecular weight is 424 g/mol. The number of pyridine rings is 1. The van der Waals surface area contributed by atoms with Gasteiger partial charge in [0, 0.05) is 56.9 Å². The van der Waals surface area contributed by atoms with Crippen LogP contribution in [0.25, 0.3) is 0 Å². The summed E-state index contributed by atoms with van der Waals surface area (Å²) in [6.07, 6.45) is 15.2. The van der Waals surface area contributed by atoms with E-state index < -0.39 is 0 Å². The van der Waals surface area contributed by atoms with Crippen molar-refractivity contribution in [2.45, 2.75) is 51.2 Å². The number of rotatable bonds is 5. The number of ether oxygens (including phenoxy) is 2. The van der Waals surface area contributed by atoms with Crippen molar-refractivity contribution >= 4 is 11.5 Å². The summed E-state index contributed by atoms with van der Waals surface area (Å²) in [6.45, 7) is 6.03. The van der Waals surface area contributed by atoms with Crippen LogP contribution >= 0.6 is 0 Å². The van der Waals surface area contributed by atoms with E-state index in [0.29, 0.717) is 5.41 Å². The number of anilines is 2. The Morgan fingerprint density at radius 1 is 0.871 bits per heavy atom. The number of nitrogens with zero attached hydrogens (tertiary/aromatic N) is 5. The van der Waals surface area contributed by atoms with Crippen molar-refractivity contribution in [2.24, 2.45) is 5.41 Å². The first-order valence-electron chi connectivity index (χ1n) is 11.7. The molecule has 3 fully saturated rings. The van der Waals surface area contributed by atoms with Crippen LogP contribution in [0.4, 0.5) is 11.5 Å². The molecule has 0 bridgehead atoms. The van der Waals surface area contributed by atoms with Crippen LogP contribution in [0.1, 0.15) is 44.2 Å². The maximum absolute atomic E-state index is 5.66. The van der Waals surface area contributed by atoms with Gasteiger partial charge in [-0.1, -0.05) is 0 Å². The first-order chi connectivity index (χ1) is 15.3. The monoisotopic (exact) mass is 423 g/mol. The van der Waals surface area contributed by atoms with Gasteiger partial charge in [0.05, 0.1) is 25.1 Å². The van der Waals surface area contributed by atoms with E-state index >= 15 is 0 Å². The van der Waals surface area contributed by atoms with Crippen molar-refractivity contribution in [3.8, 4) is 0 Å². The molecule has 31 heavy (non-hydrogen) atoms. The molecule has 3 aliphatic rings. The van der Waals surface area contributed by atoms with Gasteiger partial charge in [-0.05, 0) is 56.1 Å². The predicted octanol–water partition coefficient (Wildman–Crippen LogP) is 3.45. The molecule has 3 aliphatic heterocycles. The van der Waals surface area contributed by atoms with E-state index in [1.807, 2.05) is 24.8 Å². The molecular weight excluding hydrogens is 390 g/mol. The Morgan fingerprint density at radius 2 is 1.55 bits per heavy atom. The zero-order chi connectivity index (χ0) is 20.9. The van der Waals surface area contributed by atoms with Gasteiger partial charge in [0.15, 0.2) is 6.29 Å². The maximum Gasteiger partial charge on any atom is 0.157 e. The van der Waals surface area contributed by atoms with Crippen LogP contribution in [-0.4, -0.2) is 60.6 Å². The van der Waals surface area contributed by atoms with Gasteiger partial charge >= 0.3 is 0 Å². The molecule has 2 aromatic rings. The highest BCUT2D eigenvalue weighted by atomic mass is 16.7. The van der Waals surface area contributed by atoms with Gasteiger partial charge in [0.1, 0.15) is 5.82 Å². The van der Waals surface area contributed by atoms with E-state index in [0.717, 1.165) is 70.2 Å². The van der Waals surface area contributed by atoms with Crippen LogP contribution in [0.15, 0.2) is 36.9 Å². The smallest absolute Gasteiger partial charge is 0.157 e. The van der Waals surface area contributed by atoms with Crippen molar-refractivity contribution in [3.05, 3.63) is 42.6 Å². The summed E-state index contributed by atoms with van der Waals surface area (Å²) in [6, 6.07) is 4.25. The van der Waals surface area contributed by atoms with Crippen LogP contribution in [0.5, 0.6) is 0 Å². The quantitative estimate of drug-likeness (QED) is 0.730. The Kier molecular flexibility index (Phi) is 6.32. The summed E-state index contributed by atoms with van der Waals surface area (Å²) in [5.41, 5.74) is 2.82. The zero-order valence-electron chi connectivity index (χ0n) is 18.3. The fourth-order valence-electron chi connectivity index (χ4n) is 5.14. The average Bonchev–Trinajstić information content (AvgIpc) is 2.85. The molecule has 0 saturated carbocycles. The molecule has 0 atom stereocenters. The van der Waals surface area contributed by atoms with E-state index in [2.05, 4.69) is 31.9 Å².